The molecule has 0 saturated heterocycles. The van der Waals surface area contributed by atoms with Crippen LogP contribution in [-0.2, 0) is 4.74 Å². The second kappa shape index (κ2) is 5.03. The molecule has 0 aliphatic heterocycles. The molecule has 0 bridgehead atoms. The molecule has 0 spiro atoms. The van der Waals surface area contributed by atoms with Crippen LogP contribution in [0.1, 0.15) is 22.8 Å². The van der Waals surface area contributed by atoms with Crippen molar-refractivity contribution < 1.29 is 22.7 Å². The van der Waals surface area contributed by atoms with Crippen molar-refractivity contribution in [2.45, 2.75) is 13.1 Å². The van der Waals surface area contributed by atoms with Gasteiger partial charge in [0.15, 0.2) is 0 Å². The summed E-state index contributed by atoms with van der Waals surface area (Å²) >= 11 is 0. The van der Waals surface area contributed by atoms with E-state index in [4.69, 9.17) is 0 Å². The van der Waals surface area contributed by atoms with Crippen molar-refractivity contribution in [1.82, 2.24) is 0 Å². The van der Waals surface area contributed by atoms with Gasteiger partial charge in [-0.3, -0.25) is 0 Å². The van der Waals surface area contributed by atoms with Crippen molar-refractivity contribution in [3.63, 3.8) is 0 Å². The van der Waals surface area contributed by atoms with Crippen molar-refractivity contribution in [2.24, 2.45) is 0 Å². The summed E-state index contributed by atoms with van der Waals surface area (Å²) in [7, 11) is 1.24. The van der Waals surface area contributed by atoms with Crippen LogP contribution >= 0.6 is 0 Å². The fourth-order valence-electron chi connectivity index (χ4n) is 1.32. The average molecular weight is 244 g/mol. The highest BCUT2D eigenvalue weighted by atomic mass is 19.4. The third-order valence-electron chi connectivity index (χ3n) is 2.14. The van der Waals surface area contributed by atoms with Crippen molar-refractivity contribution in [3.05, 3.63) is 41.5 Å². The molecule has 17 heavy (non-hydrogen) atoms. The summed E-state index contributed by atoms with van der Waals surface area (Å²) in [6.07, 6.45) is -4.12. The van der Waals surface area contributed by atoms with Crippen molar-refractivity contribution in [2.75, 3.05) is 7.11 Å². The van der Waals surface area contributed by atoms with Crippen LogP contribution in [0.4, 0.5) is 13.2 Å². The van der Waals surface area contributed by atoms with Crippen LogP contribution in [0, 0.1) is 0 Å². The maximum atomic E-state index is 12.1. The number of esters is 1. The fraction of sp³-hybridized carbons (Fsp3) is 0.250. The van der Waals surface area contributed by atoms with Gasteiger partial charge in [-0.15, -0.1) is 0 Å². The third-order valence-corrected chi connectivity index (χ3v) is 2.14. The molecule has 5 heteroatoms. The maximum absolute atomic E-state index is 12.1. The lowest BCUT2D eigenvalue weighted by Crippen LogP contribution is -2.03. The van der Waals surface area contributed by atoms with Gasteiger partial charge in [-0.25, -0.2) is 4.79 Å². The zero-order valence-corrected chi connectivity index (χ0v) is 9.34. The summed E-state index contributed by atoms with van der Waals surface area (Å²) in [5.41, 5.74) is 0.806. The van der Waals surface area contributed by atoms with E-state index in [9.17, 15) is 18.0 Å². The van der Waals surface area contributed by atoms with Gasteiger partial charge in [0.1, 0.15) is 0 Å². The van der Waals surface area contributed by atoms with E-state index in [0.717, 1.165) is 0 Å². The number of ether oxygens (including phenoxy) is 1. The molecule has 0 fully saturated rings. The van der Waals surface area contributed by atoms with E-state index < -0.39 is 12.1 Å². The molecule has 0 atom stereocenters. The lowest BCUT2D eigenvalue weighted by atomic mass is 10.1. The Morgan fingerprint density at radius 3 is 2.06 bits per heavy atom. The monoisotopic (exact) mass is 244 g/mol. The predicted octanol–water partition coefficient (Wildman–Crippen LogP) is 3.44. The number of hydrogen-bond acceptors (Lipinski definition) is 2. The first kappa shape index (κ1) is 13.3. The van der Waals surface area contributed by atoms with Crippen molar-refractivity contribution in [3.8, 4) is 0 Å². The number of allylic oxidation sites excluding steroid dienone is 2. The molecule has 0 aliphatic rings. The molecule has 0 aliphatic carbocycles. The Kier molecular flexibility index (Phi) is 3.93. The highest BCUT2D eigenvalue weighted by molar-refractivity contribution is 5.89. The molecular weight excluding hydrogens is 233 g/mol. The molecule has 1 aromatic rings. The Bertz CT molecular complexity index is 430. The zero-order valence-electron chi connectivity index (χ0n) is 9.34. The standard InChI is InChI=1S/C12H11F3O2/c1-8(7-12(13,14)15)9-3-5-10(6-4-9)11(16)17-2/h3-7H,1-2H3. The van der Waals surface area contributed by atoms with Gasteiger partial charge in [0.2, 0.25) is 0 Å². The van der Waals surface area contributed by atoms with Crippen LogP contribution in [-0.4, -0.2) is 19.3 Å². The summed E-state index contributed by atoms with van der Waals surface area (Å²) < 4.78 is 40.8. The van der Waals surface area contributed by atoms with E-state index in [1.54, 1.807) is 0 Å². The summed E-state index contributed by atoms with van der Waals surface area (Å²) in [6, 6.07) is 5.75. The van der Waals surface area contributed by atoms with Crippen molar-refractivity contribution in [1.29, 1.82) is 0 Å². The van der Waals surface area contributed by atoms with E-state index in [1.807, 2.05) is 0 Å². The number of rotatable bonds is 2. The first-order valence-corrected chi connectivity index (χ1v) is 4.78. The number of halogens is 3. The normalized spacial score (nSPS) is 12.4. The Morgan fingerprint density at radius 2 is 1.65 bits per heavy atom. The number of carbonyl (C=O) groups excluding carboxylic acids is 1. The van der Waals surface area contributed by atoms with E-state index in [-0.39, 0.29) is 11.6 Å². The second-order valence-electron chi connectivity index (χ2n) is 3.44. The minimum absolute atomic E-state index is 0.0916. The van der Waals surface area contributed by atoms with Gasteiger partial charge in [0.25, 0.3) is 0 Å². The van der Waals surface area contributed by atoms with Gasteiger partial charge in [0, 0.05) is 6.08 Å². The lowest BCUT2D eigenvalue weighted by Gasteiger charge is -2.05. The van der Waals surface area contributed by atoms with Crippen LogP contribution in [0.5, 0.6) is 0 Å². The molecule has 0 N–H and O–H groups in total. The Balaban J connectivity index is 2.96. The molecule has 0 aromatic heterocycles. The molecule has 0 unspecified atom stereocenters. The first-order valence-electron chi connectivity index (χ1n) is 4.78. The first-order chi connectivity index (χ1) is 7.83. The van der Waals surface area contributed by atoms with Gasteiger partial charge in [-0.1, -0.05) is 12.1 Å². The summed E-state index contributed by atoms with van der Waals surface area (Å²) in [4.78, 5) is 11.1. The molecule has 0 heterocycles. The molecule has 1 rings (SSSR count). The lowest BCUT2D eigenvalue weighted by molar-refractivity contribution is -0.0793. The smallest absolute Gasteiger partial charge is 0.410 e. The summed E-state index contributed by atoms with van der Waals surface area (Å²) in [6.45, 7) is 1.36. The van der Waals surface area contributed by atoms with E-state index >= 15 is 0 Å². The second-order valence-corrected chi connectivity index (χ2v) is 3.44. The number of alkyl halides is 3. The third kappa shape index (κ3) is 3.94. The van der Waals surface area contributed by atoms with Crippen LogP contribution in [0.25, 0.3) is 5.57 Å². The van der Waals surface area contributed by atoms with Crippen LogP contribution in [0.3, 0.4) is 0 Å². The number of carbonyl (C=O) groups is 1. The summed E-state index contributed by atoms with van der Waals surface area (Å²) in [5, 5.41) is 0. The zero-order chi connectivity index (χ0) is 13.1. The minimum atomic E-state index is -4.34. The molecule has 0 amide bonds. The molecule has 92 valence electrons. The van der Waals surface area contributed by atoms with Crippen LogP contribution in [0.15, 0.2) is 30.3 Å². The van der Waals surface area contributed by atoms with Gasteiger partial charge in [-0.2, -0.15) is 13.2 Å². The van der Waals surface area contributed by atoms with Crippen LogP contribution in [0.2, 0.25) is 0 Å². The Morgan fingerprint density at radius 1 is 1.18 bits per heavy atom. The van der Waals surface area contributed by atoms with Crippen LogP contribution < -0.4 is 0 Å². The number of benzene rings is 1. The highest BCUT2D eigenvalue weighted by Gasteiger charge is 2.23. The van der Waals surface area contributed by atoms with E-state index in [1.165, 1.54) is 38.3 Å². The Labute approximate surface area is 96.7 Å². The number of hydrogen-bond donors (Lipinski definition) is 0. The topological polar surface area (TPSA) is 26.3 Å². The summed E-state index contributed by atoms with van der Waals surface area (Å²) in [5.74, 6) is -0.519. The largest absolute Gasteiger partial charge is 0.465 e. The maximum Gasteiger partial charge on any atom is 0.410 e. The number of methoxy groups -OCH3 is 1. The van der Waals surface area contributed by atoms with Gasteiger partial charge < -0.3 is 4.74 Å². The van der Waals surface area contributed by atoms with Gasteiger partial charge in [-0.05, 0) is 30.2 Å². The molecule has 0 saturated carbocycles. The van der Waals surface area contributed by atoms with Gasteiger partial charge in [0.05, 0.1) is 12.7 Å². The fourth-order valence-corrected chi connectivity index (χ4v) is 1.32. The van der Waals surface area contributed by atoms with E-state index in [2.05, 4.69) is 4.74 Å². The highest BCUT2D eigenvalue weighted by Crippen LogP contribution is 2.23. The molecule has 2 nitrogen and oxygen atoms in total. The molecule has 0 radical (unpaired) electrons. The SMILES string of the molecule is COC(=O)c1ccc(C(C)=CC(F)(F)F)cc1. The van der Waals surface area contributed by atoms with Crippen molar-refractivity contribution >= 4 is 11.5 Å². The minimum Gasteiger partial charge on any atom is -0.465 e. The average Bonchev–Trinajstić information content (AvgIpc) is 2.26. The predicted molar refractivity (Wildman–Crippen MR) is 57.5 cm³/mol. The van der Waals surface area contributed by atoms with E-state index in [0.29, 0.717) is 11.1 Å². The van der Waals surface area contributed by atoms with Gasteiger partial charge >= 0.3 is 12.1 Å². The quantitative estimate of drug-likeness (QED) is 0.745. The molecule has 1 aromatic carbocycles. The molecular formula is C12H11F3O2. The Hall–Kier alpha value is -1.78.